The fourth-order valence-corrected chi connectivity index (χ4v) is 2.58. The molecule has 0 saturated heterocycles. The van der Waals surface area contributed by atoms with Crippen molar-refractivity contribution in [1.82, 2.24) is 0 Å². The molecular formula is C19H18N+. The molecule has 3 aromatic rings. The van der Waals surface area contributed by atoms with Gasteiger partial charge in [0.1, 0.15) is 0 Å². The Labute approximate surface area is 119 Å². The maximum Gasteiger partial charge on any atom is 0.218 e. The molecule has 0 fully saturated rings. The average Bonchev–Trinajstić information content (AvgIpc) is 2.46. The number of fused-ring (bicyclic) bond motifs is 1. The van der Waals surface area contributed by atoms with Gasteiger partial charge in [-0.3, -0.25) is 0 Å². The number of hydrogen-bond acceptors (Lipinski definition) is 0. The lowest BCUT2D eigenvalue weighted by Crippen LogP contribution is -2.33. The summed E-state index contributed by atoms with van der Waals surface area (Å²) in [7, 11) is 0. The Kier molecular flexibility index (Phi) is 3.34. The molecule has 1 heterocycles. The van der Waals surface area contributed by atoms with Gasteiger partial charge in [-0.05, 0) is 31.2 Å². The highest BCUT2D eigenvalue weighted by Crippen LogP contribution is 2.13. The first-order chi connectivity index (χ1) is 9.74. The first-order valence-electron chi connectivity index (χ1n) is 6.87. The summed E-state index contributed by atoms with van der Waals surface area (Å²) in [5.41, 5.74) is 4.88. The van der Waals surface area contributed by atoms with Crippen LogP contribution in [-0.4, -0.2) is 0 Å². The van der Waals surface area contributed by atoms with Crippen LogP contribution < -0.4 is 4.57 Å². The quantitative estimate of drug-likeness (QED) is 0.623. The Bertz CT molecular complexity index is 766. The molecule has 0 radical (unpaired) electrons. The Morgan fingerprint density at radius 3 is 2.65 bits per heavy atom. The van der Waals surface area contributed by atoms with Crippen LogP contribution in [0.5, 0.6) is 0 Å². The number of benzene rings is 2. The molecule has 1 aromatic heterocycles. The van der Waals surface area contributed by atoms with Gasteiger partial charge in [0.2, 0.25) is 5.52 Å². The van der Waals surface area contributed by atoms with Crippen molar-refractivity contribution in [3.8, 4) is 0 Å². The Morgan fingerprint density at radius 1 is 1.00 bits per heavy atom. The number of rotatable bonds is 3. The largest absolute Gasteiger partial charge is 0.218 e. The summed E-state index contributed by atoms with van der Waals surface area (Å²) in [5.74, 6) is 0. The summed E-state index contributed by atoms with van der Waals surface area (Å²) in [6.45, 7) is 6.39. The van der Waals surface area contributed by atoms with Gasteiger partial charge < -0.3 is 0 Å². The highest BCUT2D eigenvalue weighted by atomic mass is 15.0. The lowest BCUT2D eigenvalue weighted by molar-refractivity contribution is -0.553. The second-order valence-electron chi connectivity index (χ2n) is 5.17. The van der Waals surface area contributed by atoms with Crippen molar-refractivity contribution in [1.29, 1.82) is 0 Å². The topological polar surface area (TPSA) is 3.88 Å². The van der Waals surface area contributed by atoms with E-state index in [9.17, 15) is 0 Å². The van der Waals surface area contributed by atoms with Gasteiger partial charge in [0.05, 0.1) is 6.42 Å². The third-order valence-electron chi connectivity index (χ3n) is 3.54. The molecule has 0 spiro atoms. The van der Waals surface area contributed by atoms with E-state index in [-0.39, 0.29) is 0 Å². The maximum atomic E-state index is 4.26. The number of hydrogen-bond donors (Lipinski definition) is 0. The number of nitrogens with zero attached hydrogens (tertiary/aromatic N) is 1. The smallest absolute Gasteiger partial charge is 0.164 e. The monoisotopic (exact) mass is 260 g/mol. The van der Waals surface area contributed by atoms with Crippen molar-refractivity contribution < 1.29 is 4.57 Å². The van der Waals surface area contributed by atoms with E-state index in [1.165, 1.54) is 22.0 Å². The maximum absolute atomic E-state index is 4.26. The zero-order chi connectivity index (χ0) is 13.9. The van der Waals surface area contributed by atoms with Crippen LogP contribution >= 0.6 is 0 Å². The Hall–Kier alpha value is -2.41. The SMILES string of the molecule is C=C(Cc1cccc(C)c1)[n+]1cccc2ccccc21. The average molecular weight is 260 g/mol. The third-order valence-corrected chi connectivity index (χ3v) is 3.54. The Morgan fingerprint density at radius 2 is 1.80 bits per heavy atom. The lowest BCUT2D eigenvalue weighted by atomic mass is 10.1. The van der Waals surface area contributed by atoms with Gasteiger partial charge in [-0.2, -0.15) is 4.57 Å². The molecule has 0 unspecified atom stereocenters. The fraction of sp³-hybridized carbons (Fsp3) is 0.105. The lowest BCUT2D eigenvalue weighted by Gasteiger charge is -2.04. The molecule has 0 aliphatic heterocycles. The number of allylic oxidation sites excluding steroid dienone is 1. The highest BCUT2D eigenvalue weighted by molar-refractivity contribution is 5.76. The summed E-state index contributed by atoms with van der Waals surface area (Å²) in [4.78, 5) is 0. The molecule has 0 aliphatic carbocycles. The molecule has 2 aromatic carbocycles. The van der Waals surface area contributed by atoms with Crippen molar-refractivity contribution in [3.63, 3.8) is 0 Å². The molecule has 0 bridgehead atoms. The first kappa shape index (κ1) is 12.6. The van der Waals surface area contributed by atoms with Gasteiger partial charge in [-0.25, -0.2) is 0 Å². The molecule has 1 nitrogen and oxygen atoms in total. The van der Waals surface area contributed by atoms with Crippen molar-refractivity contribution in [3.05, 3.63) is 84.6 Å². The molecule has 0 atom stereocenters. The number of aromatic nitrogens is 1. The zero-order valence-corrected chi connectivity index (χ0v) is 11.7. The standard InChI is InChI=1S/C19H18N/c1-15-7-5-8-17(13-15)14-16(2)20-12-6-10-18-9-3-4-11-19(18)20/h3-13H,2,14H2,1H3/q+1. The Balaban J connectivity index is 1.97. The van der Waals surface area contributed by atoms with Gasteiger partial charge >= 0.3 is 0 Å². The summed E-state index contributed by atoms with van der Waals surface area (Å²) in [5, 5.41) is 1.24. The van der Waals surface area contributed by atoms with E-state index < -0.39 is 0 Å². The van der Waals surface area contributed by atoms with Crippen molar-refractivity contribution in [2.75, 3.05) is 0 Å². The first-order valence-corrected chi connectivity index (χ1v) is 6.87. The molecule has 0 amide bonds. The van der Waals surface area contributed by atoms with Gasteiger partial charge in [-0.15, -0.1) is 0 Å². The molecule has 3 rings (SSSR count). The minimum Gasteiger partial charge on any atom is -0.164 e. The summed E-state index contributed by atoms with van der Waals surface area (Å²) < 4.78 is 2.18. The summed E-state index contributed by atoms with van der Waals surface area (Å²) in [6.07, 6.45) is 2.95. The second kappa shape index (κ2) is 5.30. The van der Waals surface area contributed by atoms with E-state index in [4.69, 9.17) is 0 Å². The van der Waals surface area contributed by atoms with E-state index in [0.717, 1.165) is 12.1 Å². The second-order valence-corrected chi connectivity index (χ2v) is 5.17. The third kappa shape index (κ3) is 2.48. The molecule has 98 valence electrons. The van der Waals surface area contributed by atoms with Crippen LogP contribution in [0.4, 0.5) is 0 Å². The minimum atomic E-state index is 0.861. The van der Waals surface area contributed by atoms with Gasteiger partial charge in [-0.1, -0.05) is 42.0 Å². The van der Waals surface area contributed by atoms with Crippen LogP contribution in [0, 0.1) is 6.92 Å². The van der Waals surface area contributed by atoms with Crippen LogP contribution in [0.3, 0.4) is 0 Å². The van der Waals surface area contributed by atoms with E-state index in [1.807, 2.05) is 0 Å². The number of pyridine rings is 1. The summed E-state index contributed by atoms with van der Waals surface area (Å²) in [6, 6.07) is 21.2. The van der Waals surface area contributed by atoms with E-state index in [0.29, 0.717) is 0 Å². The predicted octanol–water partition coefficient (Wildman–Crippen LogP) is 4.15. The molecular weight excluding hydrogens is 242 g/mol. The van der Waals surface area contributed by atoms with Gasteiger partial charge in [0, 0.05) is 17.5 Å². The minimum absolute atomic E-state index is 0.861. The van der Waals surface area contributed by atoms with E-state index in [1.54, 1.807) is 0 Å². The molecule has 0 saturated carbocycles. The van der Waals surface area contributed by atoms with Crippen LogP contribution in [0.2, 0.25) is 0 Å². The van der Waals surface area contributed by atoms with Crippen molar-refractivity contribution in [2.24, 2.45) is 0 Å². The van der Waals surface area contributed by atoms with Crippen LogP contribution in [-0.2, 0) is 6.42 Å². The molecule has 1 heteroatoms. The number of aryl methyl sites for hydroxylation is 1. The summed E-state index contributed by atoms with van der Waals surface area (Å²) >= 11 is 0. The predicted molar refractivity (Wildman–Crippen MR) is 84.4 cm³/mol. The van der Waals surface area contributed by atoms with E-state index in [2.05, 4.69) is 84.9 Å². The van der Waals surface area contributed by atoms with E-state index >= 15 is 0 Å². The fourth-order valence-electron chi connectivity index (χ4n) is 2.58. The van der Waals surface area contributed by atoms with Crippen LogP contribution in [0.1, 0.15) is 11.1 Å². The highest BCUT2D eigenvalue weighted by Gasteiger charge is 2.12. The number of para-hydroxylation sites is 1. The molecule has 0 N–H and O–H groups in total. The normalized spacial score (nSPS) is 10.7. The van der Waals surface area contributed by atoms with Gasteiger partial charge in [0.15, 0.2) is 11.9 Å². The van der Waals surface area contributed by atoms with Crippen LogP contribution in [0.25, 0.3) is 16.6 Å². The molecule has 0 aliphatic rings. The van der Waals surface area contributed by atoms with Crippen molar-refractivity contribution >= 4 is 16.6 Å². The van der Waals surface area contributed by atoms with Gasteiger partial charge in [0.25, 0.3) is 0 Å². The van der Waals surface area contributed by atoms with Crippen LogP contribution in [0.15, 0.2) is 73.4 Å². The molecule has 20 heavy (non-hydrogen) atoms. The van der Waals surface area contributed by atoms with Crippen molar-refractivity contribution in [2.45, 2.75) is 13.3 Å². The zero-order valence-electron chi connectivity index (χ0n) is 11.7.